The molecular formula is C26H38Cl2N4O5S. The molecular weight excluding hydrogens is 551 g/mol. The number of nitrogens with one attached hydrogen (secondary N) is 3. The zero-order valence-electron chi connectivity index (χ0n) is 22.3. The molecule has 3 N–H and O–H groups in total. The summed E-state index contributed by atoms with van der Waals surface area (Å²) in [4.78, 5) is 56.6. The number of carbonyl (C=O) groups excluding carboxylic acids is 5. The fourth-order valence-electron chi connectivity index (χ4n) is 2.92. The third-order valence-electron chi connectivity index (χ3n) is 4.84. The number of thiol groups is 1. The van der Waals surface area contributed by atoms with E-state index in [-0.39, 0.29) is 23.6 Å². The van der Waals surface area contributed by atoms with Crippen LogP contribution >= 0.6 is 35.8 Å². The van der Waals surface area contributed by atoms with Gasteiger partial charge >= 0.3 is 0 Å². The van der Waals surface area contributed by atoms with Gasteiger partial charge in [-0.2, -0.15) is 12.6 Å². The number of carbonyl (C=O) groups is 5. The van der Waals surface area contributed by atoms with Crippen LogP contribution in [0.15, 0.2) is 24.3 Å². The molecule has 2 rings (SSSR count). The molecule has 1 aliphatic rings. The molecule has 12 heteroatoms. The van der Waals surface area contributed by atoms with Crippen molar-refractivity contribution in [1.82, 2.24) is 15.5 Å². The van der Waals surface area contributed by atoms with Crippen LogP contribution in [0.1, 0.15) is 65.4 Å². The molecule has 9 nitrogen and oxygen atoms in total. The quantitative estimate of drug-likeness (QED) is 0.124. The van der Waals surface area contributed by atoms with Crippen LogP contribution in [0.4, 0.5) is 5.69 Å². The number of hydrogen-bond acceptors (Lipinski definition) is 6. The van der Waals surface area contributed by atoms with Crippen LogP contribution in [0, 0.1) is 0 Å². The van der Waals surface area contributed by atoms with Gasteiger partial charge in [-0.15, -0.1) is 0 Å². The molecule has 1 atom stereocenters. The van der Waals surface area contributed by atoms with Crippen molar-refractivity contribution in [3.05, 3.63) is 39.9 Å². The van der Waals surface area contributed by atoms with Crippen LogP contribution in [0.2, 0.25) is 10.0 Å². The van der Waals surface area contributed by atoms with Crippen LogP contribution in [0.3, 0.4) is 0 Å². The first-order valence-electron chi connectivity index (χ1n) is 12.5. The van der Waals surface area contributed by atoms with Gasteiger partial charge in [0.15, 0.2) is 0 Å². The first-order chi connectivity index (χ1) is 18.1. The lowest BCUT2D eigenvalue weighted by Crippen LogP contribution is -2.37. The van der Waals surface area contributed by atoms with Gasteiger partial charge in [0.1, 0.15) is 6.04 Å². The summed E-state index contributed by atoms with van der Waals surface area (Å²) >= 11 is 16.1. The predicted octanol–water partition coefficient (Wildman–Crippen LogP) is 4.52. The fraction of sp³-hybridized carbons (Fsp3) is 0.500. The van der Waals surface area contributed by atoms with E-state index < -0.39 is 6.04 Å². The van der Waals surface area contributed by atoms with Crippen molar-refractivity contribution in [2.45, 2.75) is 71.6 Å². The van der Waals surface area contributed by atoms with E-state index in [2.05, 4.69) is 42.4 Å². The van der Waals surface area contributed by atoms with E-state index in [0.717, 1.165) is 19.3 Å². The molecule has 0 fully saturated rings. The molecule has 0 aliphatic carbocycles. The van der Waals surface area contributed by atoms with Crippen molar-refractivity contribution in [3.8, 4) is 0 Å². The molecule has 1 aromatic carbocycles. The highest BCUT2D eigenvalue weighted by molar-refractivity contribution is 7.79. The number of nitrogens with zero attached hydrogens (tertiary/aromatic N) is 1. The second-order valence-corrected chi connectivity index (χ2v) is 9.34. The summed E-state index contributed by atoms with van der Waals surface area (Å²) in [7, 11) is 0. The minimum absolute atomic E-state index is 0.0579. The smallest absolute Gasteiger partial charge is 0.253 e. The Morgan fingerprint density at radius 3 is 2.05 bits per heavy atom. The molecule has 0 spiro atoms. The largest absolute Gasteiger partial charge is 0.356 e. The van der Waals surface area contributed by atoms with Crippen molar-refractivity contribution >= 4 is 71.6 Å². The first-order valence-corrected chi connectivity index (χ1v) is 13.8. The minimum Gasteiger partial charge on any atom is -0.356 e. The van der Waals surface area contributed by atoms with Gasteiger partial charge < -0.3 is 16.0 Å². The number of imide groups is 1. The van der Waals surface area contributed by atoms with Gasteiger partial charge in [0.25, 0.3) is 11.8 Å². The summed E-state index contributed by atoms with van der Waals surface area (Å²) in [6.07, 6.45) is 7.18. The number of unbranched alkanes of at least 4 members (excludes halogenated alkanes) is 2. The van der Waals surface area contributed by atoms with Crippen LogP contribution in [0.25, 0.3) is 0 Å². The maximum atomic E-state index is 11.6. The van der Waals surface area contributed by atoms with Crippen molar-refractivity contribution in [2.75, 3.05) is 18.4 Å². The highest BCUT2D eigenvalue weighted by Crippen LogP contribution is 2.30. The molecule has 212 valence electrons. The summed E-state index contributed by atoms with van der Waals surface area (Å²) in [5.41, 5.74) is 1.18. The molecule has 5 amide bonds. The second-order valence-electron chi connectivity index (χ2n) is 8.20. The summed E-state index contributed by atoms with van der Waals surface area (Å²) in [6, 6.07) is 2.54. The molecule has 0 aromatic heterocycles. The zero-order valence-corrected chi connectivity index (χ0v) is 24.7. The van der Waals surface area contributed by atoms with Gasteiger partial charge in [0.2, 0.25) is 18.2 Å². The van der Waals surface area contributed by atoms with E-state index in [4.69, 9.17) is 23.2 Å². The van der Waals surface area contributed by atoms with Gasteiger partial charge in [0, 0.05) is 53.1 Å². The lowest BCUT2D eigenvalue weighted by atomic mass is 10.2. The third kappa shape index (κ3) is 13.8. The topological polar surface area (TPSA) is 125 Å². The summed E-state index contributed by atoms with van der Waals surface area (Å²) in [5.74, 6) is -0.359. The highest BCUT2D eigenvalue weighted by atomic mass is 35.5. The lowest BCUT2D eigenvalue weighted by Gasteiger charge is -2.13. The predicted molar refractivity (Wildman–Crippen MR) is 155 cm³/mol. The standard InChI is InChI=1S/C12H18N2O3.C11H12Cl2N2O2S.C3H8/c1-2-13-10(15)6-4-3-5-9-14-11(16)7-8-12(14)17;1-6(14-5-16)11(17)15-7-2-9(12)8(4-18)10(13)3-7;1-3-2/h7-8H,2-6,9H2,1H3,(H,13,15);2-3,5-6,18H,4H2,1H3,(H,14,16)(H,15,17);3H2,1-2H3. The van der Waals surface area contributed by atoms with E-state index in [1.165, 1.54) is 23.5 Å². The average Bonchev–Trinajstić information content (AvgIpc) is 3.17. The van der Waals surface area contributed by atoms with E-state index in [9.17, 15) is 24.0 Å². The molecule has 0 saturated heterocycles. The fourth-order valence-corrected chi connectivity index (χ4v) is 4.07. The molecule has 1 aliphatic heterocycles. The average molecular weight is 590 g/mol. The SMILES string of the molecule is CC(NC=O)C(=O)Nc1cc(Cl)c(CS)c(Cl)c1.CCC.CCNC(=O)CCCCCN1C(=O)C=CC1=O. The van der Waals surface area contributed by atoms with Crippen molar-refractivity contribution < 1.29 is 24.0 Å². The van der Waals surface area contributed by atoms with Crippen LogP contribution in [-0.2, 0) is 29.7 Å². The van der Waals surface area contributed by atoms with Gasteiger partial charge in [-0.25, -0.2) is 0 Å². The number of halogens is 2. The van der Waals surface area contributed by atoms with Gasteiger partial charge in [-0.05, 0) is 44.4 Å². The molecule has 38 heavy (non-hydrogen) atoms. The van der Waals surface area contributed by atoms with E-state index in [0.29, 0.717) is 53.0 Å². The Balaban J connectivity index is 0.000000654. The molecule has 1 heterocycles. The Labute approximate surface area is 240 Å². The Bertz CT molecular complexity index is 934. The Morgan fingerprint density at radius 1 is 1.03 bits per heavy atom. The number of anilines is 1. The van der Waals surface area contributed by atoms with Crippen molar-refractivity contribution in [2.24, 2.45) is 0 Å². The third-order valence-corrected chi connectivity index (χ3v) is 5.83. The van der Waals surface area contributed by atoms with Gasteiger partial charge in [0.05, 0.1) is 0 Å². The Hall–Kier alpha value is -2.56. The van der Waals surface area contributed by atoms with Crippen molar-refractivity contribution in [1.29, 1.82) is 0 Å². The van der Waals surface area contributed by atoms with Crippen LogP contribution in [-0.4, -0.2) is 54.1 Å². The van der Waals surface area contributed by atoms with E-state index in [1.807, 2.05) is 6.92 Å². The summed E-state index contributed by atoms with van der Waals surface area (Å²) < 4.78 is 0. The lowest BCUT2D eigenvalue weighted by molar-refractivity contribution is -0.137. The molecule has 0 saturated carbocycles. The van der Waals surface area contributed by atoms with Crippen LogP contribution < -0.4 is 16.0 Å². The van der Waals surface area contributed by atoms with Crippen LogP contribution in [0.5, 0.6) is 0 Å². The molecule has 0 bridgehead atoms. The monoisotopic (exact) mass is 588 g/mol. The van der Waals surface area contributed by atoms with Gasteiger partial charge in [-0.1, -0.05) is 49.9 Å². The molecule has 1 aromatic rings. The Morgan fingerprint density at radius 2 is 1.58 bits per heavy atom. The molecule has 0 radical (unpaired) electrons. The Kier molecular flexibility index (Phi) is 19.0. The first kappa shape index (κ1) is 35.4. The summed E-state index contributed by atoms with van der Waals surface area (Å²) in [5, 5.41) is 8.54. The maximum absolute atomic E-state index is 11.6. The number of benzene rings is 1. The van der Waals surface area contributed by atoms with Gasteiger partial charge in [-0.3, -0.25) is 28.9 Å². The highest BCUT2D eigenvalue weighted by Gasteiger charge is 2.22. The second kappa shape index (κ2) is 20.4. The van der Waals surface area contributed by atoms with E-state index >= 15 is 0 Å². The maximum Gasteiger partial charge on any atom is 0.253 e. The van der Waals surface area contributed by atoms with Crippen molar-refractivity contribution in [3.63, 3.8) is 0 Å². The normalized spacial score (nSPS) is 12.6. The molecule has 1 unspecified atom stereocenters. The van der Waals surface area contributed by atoms with E-state index in [1.54, 1.807) is 19.1 Å². The zero-order chi connectivity index (χ0) is 29.1. The number of amides is 5. The number of rotatable bonds is 12. The number of hydrogen-bond donors (Lipinski definition) is 4. The summed E-state index contributed by atoms with van der Waals surface area (Å²) in [6.45, 7) is 8.80. The minimum atomic E-state index is -0.635.